The molecule has 0 fully saturated rings. The number of hydrogen-bond donors (Lipinski definition) is 0. The van der Waals surface area contributed by atoms with Crippen molar-refractivity contribution in [1.29, 1.82) is 10.5 Å². The van der Waals surface area contributed by atoms with E-state index in [1.807, 2.05) is 41.1 Å². The molecule has 1 aliphatic carbocycles. The molecule has 214 valence electrons. The van der Waals surface area contributed by atoms with Crippen LogP contribution in [0.4, 0.5) is 21.5 Å². The van der Waals surface area contributed by atoms with Crippen molar-refractivity contribution >= 4 is 51.4 Å². The van der Waals surface area contributed by atoms with E-state index in [2.05, 4.69) is 89.4 Å². The Kier molecular flexibility index (Phi) is 6.21. The Bertz CT molecular complexity index is 2250. The van der Waals surface area contributed by atoms with Gasteiger partial charge < -0.3 is 4.90 Å². The maximum Gasteiger partial charge on any atom is 0.145 e. The number of thiocyanates is 2. The molecule has 45 heavy (non-hydrogen) atoms. The number of halogens is 1. The minimum atomic E-state index is -0.406. The van der Waals surface area contributed by atoms with Gasteiger partial charge in [-0.05, 0) is 58.0 Å². The lowest BCUT2D eigenvalue weighted by molar-refractivity contribution is 0.632. The Balaban J connectivity index is 1.26. The highest BCUT2D eigenvalue weighted by Gasteiger charge is 2.36. The van der Waals surface area contributed by atoms with Crippen LogP contribution < -0.4 is 4.90 Å². The highest BCUT2D eigenvalue weighted by Crippen LogP contribution is 2.53. The van der Waals surface area contributed by atoms with Gasteiger partial charge in [-0.3, -0.25) is 0 Å². The fourth-order valence-corrected chi connectivity index (χ4v) is 7.80. The maximum atomic E-state index is 16.1. The van der Waals surface area contributed by atoms with Crippen LogP contribution in [-0.2, 0) is 5.41 Å². The number of benzene rings is 5. The maximum absolute atomic E-state index is 16.1. The Labute approximate surface area is 268 Å². The van der Waals surface area contributed by atoms with Crippen molar-refractivity contribution in [2.45, 2.75) is 29.3 Å². The lowest BCUT2D eigenvalue weighted by Gasteiger charge is -2.42. The topological polar surface area (TPSA) is 76.6 Å². The van der Waals surface area contributed by atoms with Gasteiger partial charge >= 0.3 is 0 Å². The first-order valence-corrected chi connectivity index (χ1v) is 15.9. The average molecular weight is 620 g/mol. The van der Waals surface area contributed by atoms with Gasteiger partial charge in [-0.15, -0.1) is 0 Å². The second-order valence-electron chi connectivity index (χ2n) is 11.5. The largest absolute Gasteiger partial charge is 0.310 e. The molecule has 8 heteroatoms. The van der Waals surface area contributed by atoms with Crippen LogP contribution in [0.3, 0.4) is 0 Å². The van der Waals surface area contributed by atoms with Crippen molar-refractivity contribution < 1.29 is 4.39 Å². The average Bonchev–Trinajstić information content (AvgIpc) is 3.38. The van der Waals surface area contributed by atoms with Crippen molar-refractivity contribution in [3.8, 4) is 44.4 Å². The normalized spacial score (nSPS) is 13.5. The van der Waals surface area contributed by atoms with Crippen LogP contribution in [0, 0.1) is 27.1 Å². The van der Waals surface area contributed by atoms with Gasteiger partial charge in [-0.2, -0.15) is 10.5 Å². The summed E-state index contributed by atoms with van der Waals surface area (Å²) in [6.45, 7) is 4.54. The summed E-state index contributed by atoms with van der Waals surface area (Å²) in [7, 11) is 0. The van der Waals surface area contributed by atoms with Crippen molar-refractivity contribution in [3.05, 3.63) is 114 Å². The molecule has 5 aromatic carbocycles. The summed E-state index contributed by atoms with van der Waals surface area (Å²) >= 11 is 1.67. The van der Waals surface area contributed by atoms with E-state index in [-0.39, 0.29) is 5.41 Å². The summed E-state index contributed by atoms with van der Waals surface area (Å²) in [5.74, 6) is -0.406. The summed E-state index contributed by atoms with van der Waals surface area (Å²) in [6, 6.07) is 32.8. The van der Waals surface area contributed by atoms with Crippen LogP contribution in [-0.4, -0.2) is 9.97 Å². The Morgan fingerprint density at radius 1 is 0.711 bits per heavy atom. The second-order valence-corrected chi connectivity index (χ2v) is 13.0. The van der Waals surface area contributed by atoms with Gasteiger partial charge in [0.1, 0.15) is 32.4 Å². The van der Waals surface area contributed by atoms with Crippen molar-refractivity contribution in [2.75, 3.05) is 4.90 Å². The van der Waals surface area contributed by atoms with Crippen LogP contribution in [0.2, 0.25) is 0 Å². The van der Waals surface area contributed by atoms with Gasteiger partial charge in [0.15, 0.2) is 0 Å². The van der Waals surface area contributed by atoms with Crippen LogP contribution in [0.25, 0.3) is 44.4 Å². The molecule has 1 aliphatic heterocycles. The highest BCUT2D eigenvalue weighted by atomic mass is 32.2. The summed E-state index contributed by atoms with van der Waals surface area (Å²) in [5, 5.41) is 24.9. The molecule has 0 atom stereocenters. The Morgan fingerprint density at radius 3 is 1.93 bits per heavy atom. The van der Waals surface area contributed by atoms with Crippen LogP contribution in [0.5, 0.6) is 0 Å². The second kappa shape index (κ2) is 10.2. The molecule has 5 nitrogen and oxygen atoms in total. The molecule has 0 spiro atoms. The Morgan fingerprint density at radius 2 is 1.31 bits per heavy atom. The fourth-order valence-electron chi connectivity index (χ4n) is 6.83. The number of anilines is 3. The molecule has 0 bridgehead atoms. The van der Waals surface area contributed by atoms with Gasteiger partial charge in [0.2, 0.25) is 0 Å². The van der Waals surface area contributed by atoms with E-state index in [9.17, 15) is 10.5 Å². The quantitative estimate of drug-likeness (QED) is 0.143. The SMILES string of the molecule is CC1(C)c2ccccc2N(c2ccc(-c3cc(F)c4c5c(cccc35)-c3nc(SC#N)c(SC#N)nc3-4)cc2)c2ccccc21. The summed E-state index contributed by atoms with van der Waals surface area (Å²) < 4.78 is 16.1. The van der Waals surface area contributed by atoms with Gasteiger partial charge in [-0.25, -0.2) is 14.4 Å². The third-order valence-electron chi connectivity index (χ3n) is 8.80. The zero-order valence-electron chi connectivity index (χ0n) is 24.2. The van der Waals surface area contributed by atoms with E-state index in [0.717, 1.165) is 68.0 Å². The minimum Gasteiger partial charge on any atom is -0.310 e. The van der Waals surface area contributed by atoms with Gasteiger partial charge in [0.05, 0.1) is 17.1 Å². The number of rotatable bonds is 4. The predicted molar refractivity (Wildman–Crippen MR) is 179 cm³/mol. The number of nitrogens with zero attached hydrogens (tertiary/aromatic N) is 5. The molecule has 1 aromatic heterocycles. The van der Waals surface area contributed by atoms with Crippen molar-refractivity contribution in [2.24, 2.45) is 0 Å². The van der Waals surface area contributed by atoms with Crippen molar-refractivity contribution in [3.63, 3.8) is 0 Å². The molecule has 0 radical (unpaired) electrons. The van der Waals surface area contributed by atoms with Gasteiger partial charge in [0, 0.05) is 51.1 Å². The summed E-state index contributed by atoms with van der Waals surface area (Å²) in [4.78, 5) is 11.6. The van der Waals surface area contributed by atoms with Gasteiger partial charge in [-0.1, -0.05) is 80.6 Å². The molecule has 0 saturated carbocycles. The number of thioether (sulfide) groups is 2. The number of aromatic nitrogens is 2. The van der Waals surface area contributed by atoms with Gasteiger partial charge in [0.25, 0.3) is 0 Å². The molecular weight excluding hydrogens is 598 g/mol. The third kappa shape index (κ3) is 4.00. The molecule has 0 N–H and O–H groups in total. The fraction of sp³-hybridized carbons (Fsp3) is 0.0811. The first-order chi connectivity index (χ1) is 21.9. The Hall–Kier alpha value is -5.15. The molecule has 0 amide bonds. The van der Waals surface area contributed by atoms with Crippen LogP contribution in [0.1, 0.15) is 25.0 Å². The lowest BCUT2D eigenvalue weighted by Crippen LogP contribution is -2.30. The zero-order valence-corrected chi connectivity index (χ0v) is 25.8. The highest BCUT2D eigenvalue weighted by molar-refractivity contribution is 8.06. The predicted octanol–water partition coefficient (Wildman–Crippen LogP) is 10.3. The van der Waals surface area contributed by atoms with E-state index in [1.54, 1.807) is 6.07 Å². The molecule has 0 unspecified atom stereocenters. The zero-order chi connectivity index (χ0) is 30.9. The molecule has 0 saturated heterocycles. The molecule has 2 heterocycles. The van der Waals surface area contributed by atoms with Crippen LogP contribution in [0.15, 0.2) is 107 Å². The monoisotopic (exact) mass is 619 g/mol. The smallest absolute Gasteiger partial charge is 0.145 e. The third-order valence-corrected chi connectivity index (χ3v) is 10.1. The van der Waals surface area contributed by atoms with E-state index >= 15 is 4.39 Å². The van der Waals surface area contributed by atoms with E-state index in [1.165, 1.54) is 11.1 Å². The molecular formula is C37H22FN5S2. The number of fused-ring (bicyclic) bond motifs is 5. The standard InChI is InChI=1S/C37H22FN5S2/c1-37(2)26-10-3-5-12-29(26)43(30-13-6-4-11-27(30)37)22-16-14-21(15-17-22)25-18-28(38)32-31-23(25)8-7-9-24(31)33-34(32)42-36(45-20-40)35(41-33)44-19-39/h3-18H,1-2H3. The summed E-state index contributed by atoms with van der Waals surface area (Å²) in [6.07, 6.45) is 0. The lowest BCUT2D eigenvalue weighted by atomic mass is 9.73. The number of para-hydroxylation sites is 2. The molecule has 6 aromatic rings. The minimum absolute atomic E-state index is 0.144. The number of nitriles is 2. The first kappa shape index (κ1) is 27.4. The van der Waals surface area contributed by atoms with Crippen LogP contribution >= 0.6 is 23.5 Å². The van der Waals surface area contributed by atoms with E-state index in [4.69, 9.17) is 0 Å². The summed E-state index contributed by atoms with van der Waals surface area (Å²) in [5.41, 5.74) is 9.40. The van der Waals surface area contributed by atoms with E-state index < -0.39 is 5.82 Å². The first-order valence-electron chi connectivity index (χ1n) is 14.3. The van der Waals surface area contributed by atoms with Crippen molar-refractivity contribution in [1.82, 2.24) is 9.97 Å². The molecule has 8 rings (SSSR count). The number of hydrogen-bond acceptors (Lipinski definition) is 7. The molecule has 2 aliphatic rings. The van der Waals surface area contributed by atoms with E-state index in [0.29, 0.717) is 27.0 Å².